The molecule has 0 aliphatic heterocycles. The average molecular weight is 165 g/mol. The first-order valence-electron chi connectivity index (χ1n) is 4.22. The van der Waals surface area contributed by atoms with Crippen molar-refractivity contribution < 1.29 is 0 Å². The second kappa shape index (κ2) is 3.13. The zero-order valence-corrected chi connectivity index (χ0v) is 8.06. The number of rotatable bonds is 1. The van der Waals surface area contributed by atoms with Crippen LogP contribution in [0.5, 0.6) is 0 Å². The molecule has 1 aromatic heterocycles. The molecule has 0 aromatic carbocycles. The van der Waals surface area contributed by atoms with Crippen LogP contribution in [0.4, 0.5) is 0 Å². The molecule has 2 heteroatoms. The van der Waals surface area contributed by atoms with Crippen molar-refractivity contribution in [3.8, 4) is 0 Å². The maximum Gasteiger partial charge on any atom is 0.251 e. The summed E-state index contributed by atoms with van der Waals surface area (Å²) in [5, 5.41) is 0. The van der Waals surface area contributed by atoms with Crippen LogP contribution in [-0.4, -0.2) is 4.98 Å². The lowest BCUT2D eigenvalue weighted by Gasteiger charge is -2.11. The van der Waals surface area contributed by atoms with E-state index in [4.69, 9.17) is 0 Å². The monoisotopic (exact) mass is 165 g/mol. The van der Waals surface area contributed by atoms with Crippen LogP contribution in [0.25, 0.3) is 0 Å². The Bertz CT molecular complexity index is 336. The highest BCUT2D eigenvalue weighted by Crippen LogP contribution is 2.19. The summed E-state index contributed by atoms with van der Waals surface area (Å²) in [5.74, 6) is 0.423. The third kappa shape index (κ3) is 1.42. The Kier molecular flexibility index (Phi) is 2.36. The summed E-state index contributed by atoms with van der Waals surface area (Å²) in [7, 11) is 0. The lowest BCUT2D eigenvalue weighted by Crippen LogP contribution is -2.13. The van der Waals surface area contributed by atoms with E-state index in [1.165, 1.54) is 11.1 Å². The number of pyridine rings is 1. The van der Waals surface area contributed by atoms with E-state index in [1.807, 2.05) is 13.8 Å². The lowest BCUT2D eigenvalue weighted by molar-refractivity contribution is 0.835. The minimum Gasteiger partial charge on any atom is -0.329 e. The summed E-state index contributed by atoms with van der Waals surface area (Å²) in [6.07, 6.45) is 1.78. The Labute approximate surface area is 72.6 Å². The van der Waals surface area contributed by atoms with Gasteiger partial charge >= 0.3 is 0 Å². The molecule has 66 valence electrons. The van der Waals surface area contributed by atoms with E-state index < -0.39 is 0 Å². The minimum atomic E-state index is 0.0318. The van der Waals surface area contributed by atoms with Gasteiger partial charge in [-0.3, -0.25) is 4.79 Å². The van der Waals surface area contributed by atoms with Gasteiger partial charge in [0.15, 0.2) is 0 Å². The first kappa shape index (κ1) is 9.04. The number of aromatic amines is 1. The van der Waals surface area contributed by atoms with E-state index in [9.17, 15) is 4.79 Å². The first-order chi connectivity index (χ1) is 5.54. The fourth-order valence-corrected chi connectivity index (χ4v) is 1.67. The van der Waals surface area contributed by atoms with Crippen LogP contribution in [-0.2, 0) is 0 Å². The summed E-state index contributed by atoms with van der Waals surface area (Å²) in [4.78, 5) is 13.9. The molecule has 0 spiro atoms. The normalized spacial score (nSPS) is 10.8. The van der Waals surface area contributed by atoms with Gasteiger partial charge in [0.25, 0.3) is 5.56 Å². The topological polar surface area (TPSA) is 32.9 Å². The largest absolute Gasteiger partial charge is 0.329 e. The third-order valence-electron chi connectivity index (χ3n) is 2.17. The molecule has 0 fully saturated rings. The predicted octanol–water partition coefficient (Wildman–Crippen LogP) is 2.12. The van der Waals surface area contributed by atoms with Crippen molar-refractivity contribution in [2.24, 2.45) is 0 Å². The molecule has 12 heavy (non-hydrogen) atoms. The SMILES string of the molecule is Cc1c[nH]c(=O)c(C)c1C(C)C. The molecule has 0 aliphatic rings. The summed E-state index contributed by atoms with van der Waals surface area (Å²) < 4.78 is 0. The predicted molar refractivity (Wildman–Crippen MR) is 50.6 cm³/mol. The van der Waals surface area contributed by atoms with Crippen molar-refractivity contribution in [1.29, 1.82) is 0 Å². The van der Waals surface area contributed by atoms with Crippen LogP contribution in [0.3, 0.4) is 0 Å². The van der Waals surface area contributed by atoms with Gasteiger partial charge in [-0.1, -0.05) is 13.8 Å². The van der Waals surface area contributed by atoms with E-state index in [1.54, 1.807) is 6.20 Å². The Hall–Kier alpha value is -1.05. The number of aryl methyl sites for hydroxylation is 1. The smallest absolute Gasteiger partial charge is 0.251 e. The number of hydrogen-bond donors (Lipinski definition) is 1. The van der Waals surface area contributed by atoms with Crippen LogP contribution in [0, 0.1) is 13.8 Å². The zero-order valence-electron chi connectivity index (χ0n) is 8.06. The summed E-state index contributed by atoms with van der Waals surface area (Å²) >= 11 is 0. The van der Waals surface area contributed by atoms with Gasteiger partial charge in [-0.15, -0.1) is 0 Å². The maximum atomic E-state index is 11.2. The molecule has 0 amide bonds. The molecule has 0 radical (unpaired) electrons. The van der Waals surface area contributed by atoms with Crippen LogP contribution in [0.2, 0.25) is 0 Å². The van der Waals surface area contributed by atoms with Gasteiger partial charge in [-0.05, 0) is 30.9 Å². The van der Waals surface area contributed by atoms with Crippen LogP contribution < -0.4 is 5.56 Å². The second-order valence-electron chi connectivity index (χ2n) is 3.49. The number of aromatic nitrogens is 1. The van der Waals surface area contributed by atoms with Gasteiger partial charge in [0.1, 0.15) is 0 Å². The van der Waals surface area contributed by atoms with Crippen molar-refractivity contribution in [1.82, 2.24) is 4.98 Å². The van der Waals surface area contributed by atoms with Gasteiger partial charge < -0.3 is 4.98 Å². The fourth-order valence-electron chi connectivity index (χ4n) is 1.67. The van der Waals surface area contributed by atoms with Crippen LogP contribution >= 0.6 is 0 Å². The maximum absolute atomic E-state index is 11.2. The zero-order chi connectivity index (χ0) is 9.30. The number of hydrogen-bond acceptors (Lipinski definition) is 1. The molecule has 0 unspecified atom stereocenters. The van der Waals surface area contributed by atoms with Crippen LogP contribution in [0.15, 0.2) is 11.0 Å². The highest BCUT2D eigenvalue weighted by molar-refractivity contribution is 5.32. The first-order valence-corrected chi connectivity index (χ1v) is 4.22. The van der Waals surface area contributed by atoms with Gasteiger partial charge in [0, 0.05) is 11.8 Å². The molecule has 2 nitrogen and oxygen atoms in total. The Balaban J connectivity index is 3.43. The van der Waals surface area contributed by atoms with Crippen molar-refractivity contribution in [3.63, 3.8) is 0 Å². The Morgan fingerprint density at radius 1 is 1.33 bits per heavy atom. The second-order valence-corrected chi connectivity index (χ2v) is 3.49. The summed E-state index contributed by atoms with van der Waals surface area (Å²) in [6, 6.07) is 0. The molecule has 1 aromatic rings. The van der Waals surface area contributed by atoms with Crippen molar-refractivity contribution in [3.05, 3.63) is 33.2 Å². The summed E-state index contributed by atoms with van der Waals surface area (Å²) in [5.41, 5.74) is 3.23. The Morgan fingerprint density at radius 2 is 1.92 bits per heavy atom. The fraction of sp³-hybridized carbons (Fsp3) is 0.500. The molecule has 0 saturated heterocycles. The lowest BCUT2D eigenvalue weighted by atomic mass is 9.96. The molecule has 1 N–H and O–H groups in total. The molecule has 1 heterocycles. The molecule has 0 atom stereocenters. The van der Waals surface area contributed by atoms with E-state index in [-0.39, 0.29) is 5.56 Å². The molecule has 1 rings (SSSR count). The van der Waals surface area contributed by atoms with E-state index in [0.717, 1.165) is 5.56 Å². The molecule has 0 bridgehead atoms. The van der Waals surface area contributed by atoms with E-state index in [2.05, 4.69) is 18.8 Å². The average Bonchev–Trinajstić information content (AvgIpc) is 1.97. The van der Waals surface area contributed by atoms with Crippen molar-refractivity contribution in [2.45, 2.75) is 33.6 Å². The Morgan fingerprint density at radius 3 is 2.33 bits per heavy atom. The van der Waals surface area contributed by atoms with Gasteiger partial charge in [-0.2, -0.15) is 0 Å². The standard InChI is InChI=1S/C10H15NO/c1-6(2)9-7(3)5-11-10(12)8(9)4/h5-6H,1-4H3,(H,11,12). The van der Waals surface area contributed by atoms with Gasteiger partial charge in [0.2, 0.25) is 0 Å². The summed E-state index contributed by atoms with van der Waals surface area (Å²) in [6.45, 7) is 8.11. The quantitative estimate of drug-likeness (QED) is 0.679. The van der Waals surface area contributed by atoms with Crippen LogP contribution in [0.1, 0.15) is 36.5 Å². The highest BCUT2D eigenvalue weighted by atomic mass is 16.1. The molecule has 0 aliphatic carbocycles. The van der Waals surface area contributed by atoms with Gasteiger partial charge in [-0.25, -0.2) is 0 Å². The van der Waals surface area contributed by atoms with Crippen molar-refractivity contribution >= 4 is 0 Å². The number of H-pyrrole nitrogens is 1. The van der Waals surface area contributed by atoms with Gasteiger partial charge in [0.05, 0.1) is 0 Å². The third-order valence-corrected chi connectivity index (χ3v) is 2.17. The molecular formula is C10H15NO. The number of nitrogens with one attached hydrogen (secondary N) is 1. The molecule has 0 saturated carbocycles. The highest BCUT2D eigenvalue weighted by Gasteiger charge is 2.08. The van der Waals surface area contributed by atoms with E-state index >= 15 is 0 Å². The minimum absolute atomic E-state index is 0.0318. The van der Waals surface area contributed by atoms with Crippen molar-refractivity contribution in [2.75, 3.05) is 0 Å². The van der Waals surface area contributed by atoms with E-state index in [0.29, 0.717) is 5.92 Å². The molecular weight excluding hydrogens is 150 g/mol.